The number of thioether (sulfide) groups is 1. The molecule has 0 aliphatic rings. The van der Waals surface area contributed by atoms with Crippen LogP contribution >= 0.6 is 11.8 Å². The number of aromatic nitrogens is 4. The quantitative estimate of drug-likeness (QED) is 0.600. The summed E-state index contributed by atoms with van der Waals surface area (Å²) in [6, 6.07) is 6.14. The zero-order valence-corrected chi connectivity index (χ0v) is 12.3. The number of tetrazole rings is 1. The van der Waals surface area contributed by atoms with Crippen LogP contribution in [0, 0.1) is 13.8 Å². The van der Waals surface area contributed by atoms with E-state index in [1.165, 1.54) is 11.1 Å². The van der Waals surface area contributed by atoms with Crippen LogP contribution in [0.15, 0.2) is 23.4 Å². The summed E-state index contributed by atoms with van der Waals surface area (Å²) in [5.41, 5.74) is 3.46. The first-order chi connectivity index (χ1) is 9.24. The lowest BCUT2D eigenvalue weighted by atomic mass is 10.1. The fraction of sp³-hybridized carbons (Fsp3) is 0.462. The molecule has 2 rings (SSSR count). The Morgan fingerprint density at radius 1 is 1.32 bits per heavy atom. The molecule has 0 aliphatic heterocycles. The van der Waals surface area contributed by atoms with E-state index in [1.807, 2.05) is 19.1 Å². The molecule has 5 nitrogen and oxygen atoms in total. The number of hydrogen-bond donors (Lipinski definition) is 0. The van der Waals surface area contributed by atoms with Crippen LogP contribution in [0.25, 0.3) is 5.69 Å². The van der Waals surface area contributed by atoms with Crippen molar-refractivity contribution >= 4 is 11.8 Å². The van der Waals surface area contributed by atoms with Crippen LogP contribution in [0.2, 0.25) is 0 Å². The fourth-order valence-electron chi connectivity index (χ4n) is 1.72. The first-order valence-electron chi connectivity index (χ1n) is 6.29. The molecule has 0 atom stereocenters. The van der Waals surface area contributed by atoms with E-state index in [0.29, 0.717) is 6.61 Å². The van der Waals surface area contributed by atoms with Gasteiger partial charge in [0.15, 0.2) is 0 Å². The average molecular weight is 278 g/mol. The largest absolute Gasteiger partial charge is 0.381 e. The van der Waals surface area contributed by atoms with Crippen molar-refractivity contribution in [3.8, 4) is 5.69 Å². The van der Waals surface area contributed by atoms with Crippen LogP contribution < -0.4 is 0 Å². The summed E-state index contributed by atoms with van der Waals surface area (Å²) in [6.07, 6.45) is 0. The molecule has 6 heteroatoms. The van der Waals surface area contributed by atoms with Gasteiger partial charge in [-0.1, -0.05) is 23.9 Å². The highest BCUT2D eigenvalue weighted by Crippen LogP contribution is 2.22. The van der Waals surface area contributed by atoms with Crippen LogP contribution in [0.3, 0.4) is 0 Å². The Morgan fingerprint density at radius 2 is 2.16 bits per heavy atom. The highest BCUT2D eigenvalue weighted by molar-refractivity contribution is 7.99. The van der Waals surface area contributed by atoms with Gasteiger partial charge in [-0.2, -0.15) is 4.68 Å². The van der Waals surface area contributed by atoms with E-state index >= 15 is 0 Å². The summed E-state index contributed by atoms with van der Waals surface area (Å²) in [7, 11) is 0. The van der Waals surface area contributed by atoms with E-state index in [4.69, 9.17) is 4.74 Å². The molecular weight excluding hydrogens is 260 g/mol. The third kappa shape index (κ3) is 3.33. The van der Waals surface area contributed by atoms with E-state index in [0.717, 1.165) is 23.2 Å². The lowest BCUT2D eigenvalue weighted by Gasteiger charge is -2.09. The van der Waals surface area contributed by atoms with Gasteiger partial charge in [0, 0.05) is 12.4 Å². The highest BCUT2D eigenvalue weighted by Gasteiger charge is 2.11. The zero-order chi connectivity index (χ0) is 13.7. The number of rotatable bonds is 6. The molecule has 0 spiro atoms. The van der Waals surface area contributed by atoms with Crippen LogP contribution in [0.5, 0.6) is 0 Å². The van der Waals surface area contributed by atoms with Crippen molar-refractivity contribution in [2.75, 3.05) is 19.0 Å². The second-order valence-electron chi connectivity index (χ2n) is 4.14. The zero-order valence-electron chi connectivity index (χ0n) is 11.5. The van der Waals surface area contributed by atoms with Crippen molar-refractivity contribution in [1.29, 1.82) is 0 Å². The smallest absolute Gasteiger partial charge is 0.214 e. The summed E-state index contributed by atoms with van der Waals surface area (Å²) >= 11 is 1.60. The predicted molar refractivity (Wildman–Crippen MR) is 75.8 cm³/mol. The molecule has 0 N–H and O–H groups in total. The summed E-state index contributed by atoms with van der Waals surface area (Å²) in [5.74, 6) is 0.846. The minimum Gasteiger partial charge on any atom is -0.381 e. The number of ether oxygens (including phenoxy) is 1. The minimum absolute atomic E-state index is 0.709. The van der Waals surface area contributed by atoms with Gasteiger partial charge in [-0.05, 0) is 48.4 Å². The maximum absolute atomic E-state index is 5.32. The molecule has 0 radical (unpaired) electrons. The normalized spacial score (nSPS) is 10.9. The Bertz CT molecular complexity index is 541. The maximum Gasteiger partial charge on any atom is 0.214 e. The SMILES string of the molecule is CCOCCSc1nnnn1-c1cccc(C)c1C. The van der Waals surface area contributed by atoms with Crippen molar-refractivity contribution in [3.05, 3.63) is 29.3 Å². The first kappa shape index (κ1) is 14.0. The molecule has 1 aromatic heterocycles. The van der Waals surface area contributed by atoms with Gasteiger partial charge in [-0.3, -0.25) is 0 Å². The minimum atomic E-state index is 0.709. The molecule has 0 bridgehead atoms. The molecule has 0 amide bonds. The van der Waals surface area contributed by atoms with E-state index in [-0.39, 0.29) is 0 Å². The Hall–Kier alpha value is -1.40. The molecule has 0 aliphatic carbocycles. The van der Waals surface area contributed by atoms with E-state index in [1.54, 1.807) is 16.4 Å². The summed E-state index contributed by atoms with van der Waals surface area (Å²) in [6.45, 7) is 7.61. The Morgan fingerprint density at radius 3 is 2.95 bits per heavy atom. The lowest BCUT2D eigenvalue weighted by Crippen LogP contribution is -2.04. The maximum atomic E-state index is 5.32. The van der Waals surface area contributed by atoms with Crippen molar-refractivity contribution < 1.29 is 4.74 Å². The van der Waals surface area contributed by atoms with Gasteiger partial charge < -0.3 is 4.74 Å². The lowest BCUT2D eigenvalue weighted by molar-refractivity contribution is 0.164. The number of nitrogens with zero attached hydrogens (tertiary/aromatic N) is 4. The number of hydrogen-bond acceptors (Lipinski definition) is 5. The molecule has 0 saturated heterocycles. The number of benzene rings is 1. The molecular formula is C13H18N4OS. The standard InChI is InChI=1S/C13H18N4OS/c1-4-18-8-9-19-13-14-15-16-17(13)12-7-5-6-10(2)11(12)3/h5-7H,4,8-9H2,1-3H3. The van der Waals surface area contributed by atoms with Gasteiger partial charge >= 0.3 is 0 Å². The summed E-state index contributed by atoms with van der Waals surface area (Å²) < 4.78 is 7.11. The fourth-order valence-corrected chi connectivity index (χ4v) is 2.46. The van der Waals surface area contributed by atoms with Gasteiger partial charge in [0.2, 0.25) is 5.16 Å². The van der Waals surface area contributed by atoms with Crippen LogP contribution in [0.1, 0.15) is 18.1 Å². The Labute approximate surface area is 117 Å². The second-order valence-corrected chi connectivity index (χ2v) is 5.20. The second kappa shape index (κ2) is 6.68. The predicted octanol–water partition coefficient (Wildman–Crippen LogP) is 2.41. The third-order valence-corrected chi connectivity index (χ3v) is 3.79. The average Bonchev–Trinajstić information content (AvgIpc) is 2.86. The Balaban J connectivity index is 2.17. The van der Waals surface area contributed by atoms with Crippen LogP contribution in [-0.2, 0) is 4.74 Å². The van der Waals surface area contributed by atoms with Crippen molar-refractivity contribution in [1.82, 2.24) is 20.2 Å². The van der Waals surface area contributed by atoms with Crippen LogP contribution in [0.4, 0.5) is 0 Å². The summed E-state index contributed by atoms with van der Waals surface area (Å²) in [5, 5.41) is 12.7. The van der Waals surface area contributed by atoms with E-state index in [2.05, 4.69) is 35.4 Å². The summed E-state index contributed by atoms with van der Waals surface area (Å²) in [4.78, 5) is 0. The van der Waals surface area contributed by atoms with Gasteiger partial charge in [-0.25, -0.2) is 0 Å². The highest BCUT2D eigenvalue weighted by atomic mass is 32.2. The van der Waals surface area contributed by atoms with Crippen molar-refractivity contribution in [3.63, 3.8) is 0 Å². The molecule has 0 fully saturated rings. The molecule has 19 heavy (non-hydrogen) atoms. The van der Waals surface area contributed by atoms with Crippen molar-refractivity contribution in [2.45, 2.75) is 25.9 Å². The van der Waals surface area contributed by atoms with E-state index < -0.39 is 0 Å². The molecule has 102 valence electrons. The van der Waals surface area contributed by atoms with Crippen LogP contribution in [-0.4, -0.2) is 39.2 Å². The third-order valence-electron chi connectivity index (χ3n) is 2.91. The van der Waals surface area contributed by atoms with Gasteiger partial charge in [0.1, 0.15) is 0 Å². The molecule has 0 saturated carbocycles. The molecule has 1 aromatic carbocycles. The monoisotopic (exact) mass is 278 g/mol. The van der Waals surface area contributed by atoms with Gasteiger partial charge in [0.05, 0.1) is 12.3 Å². The Kier molecular flexibility index (Phi) is 4.93. The van der Waals surface area contributed by atoms with E-state index in [9.17, 15) is 0 Å². The van der Waals surface area contributed by atoms with Gasteiger partial charge in [0.25, 0.3) is 0 Å². The van der Waals surface area contributed by atoms with Crippen molar-refractivity contribution in [2.24, 2.45) is 0 Å². The van der Waals surface area contributed by atoms with Gasteiger partial charge in [-0.15, -0.1) is 5.10 Å². The topological polar surface area (TPSA) is 52.8 Å². The molecule has 1 heterocycles. The molecule has 0 unspecified atom stereocenters. The first-order valence-corrected chi connectivity index (χ1v) is 7.28. The molecule has 2 aromatic rings. The number of aryl methyl sites for hydroxylation is 1.